The van der Waals surface area contributed by atoms with Crippen molar-refractivity contribution in [3.05, 3.63) is 77.5 Å². The van der Waals surface area contributed by atoms with Crippen LogP contribution in [0.2, 0.25) is 0 Å². The maximum atomic E-state index is 12.5. The Morgan fingerprint density at radius 2 is 1.52 bits per heavy atom. The predicted octanol–water partition coefficient (Wildman–Crippen LogP) is 5.23. The lowest BCUT2D eigenvalue weighted by Crippen LogP contribution is -1.86. The molecule has 0 spiro atoms. The van der Waals surface area contributed by atoms with Gasteiger partial charge in [0.15, 0.2) is 0 Å². The monoisotopic (exact) mass is 367 g/mol. The van der Waals surface area contributed by atoms with Crippen LogP contribution in [0, 0.1) is 6.92 Å². The zero-order valence-electron chi connectivity index (χ0n) is 14.4. The Morgan fingerprint density at radius 1 is 0.852 bits per heavy atom. The van der Waals surface area contributed by atoms with Gasteiger partial charge in [-0.1, -0.05) is 29.8 Å². The third-order valence-electron chi connectivity index (χ3n) is 4.06. The second-order valence-electron chi connectivity index (χ2n) is 6.12. The van der Waals surface area contributed by atoms with Crippen molar-refractivity contribution in [2.75, 3.05) is 0 Å². The van der Waals surface area contributed by atoms with Gasteiger partial charge < -0.3 is 8.83 Å². The first-order chi connectivity index (χ1) is 13.1. The Morgan fingerprint density at radius 3 is 2.19 bits per heavy atom. The molecule has 0 aliphatic heterocycles. The lowest BCUT2D eigenvalue weighted by molar-refractivity contribution is 0.116. The van der Waals surface area contributed by atoms with Crippen molar-refractivity contribution in [2.45, 2.75) is 19.8 Å². The lowest BCUT2D eigenvalue weighted by Gasteiger charge is -2.00. The van der Waals surface area contributed by atoms with Gasteiger partial charge in [-0.25, -0.2) is 4.98 Å². The summed E-state index contributed by atoms with van der Waals surface area (Å²) in [5.74, 6) is 0.695. The van der Waals surface area contributed by atoms with Crippen LogP contribution in [-0.2, 0) is 6.42 Å². The first-order valence-electron chi connectivity index (χ1n) is 8.31. The lowest BCUT2D eigenvalue weighted by atomic mass is 10.1. The van der Waals surface area contributed by atoms with Crippen LogP contribution < -0.4 is 0 Å². The van der Waals surface area contributed by atoms with Gasteiger partial charge in [0.1, 0.15) is 5.76 Å². The van der Waals surface area contributed by atoms with Crippen LogP contribution in [0.3, 0.4) is 0 Å². The Balaban J connectivity index is 1.48. The number of alkyl halides is 2. The molecule has 0 N–H and O–H groups in total. The van der Waals surface area contributed by atoms with Gasteiger partial charge in [-0.15, -0.1) is 10.2 Å². The summed E-state index contributed by atoms with van der Waals surface area (Å²) in [4.78, 5) is 4.33. The van der Waals surface area contributed by atoms with E-state index in [9.17, 15) is 8.78 Å². The number of hydrogen-bond acceptors (Lipinski definition) is 5. The third-order valence-corrected chi connectivity index (χ3v) is 4.06. The molecule has 0 radical (unpaired) electrons. The van der Waals surface area contributed by atoms with Crippen LogP contribution in [-0.4, -0.2) is 15.2 Å². The van der Waals surface area contributed by atoms with E-state index in [2.05, 4.69) is 15.2 Å². The fraction of sp³-hybridized carbons (Fsp3) is 0.150. The molecule has 0 saturated heterocycles. The number of halogens is 2. The standard InChI is InChI=1S/C20H15F2N3O2/c1-12-2-6-14(7-3-12)18-23-11-16(26-18)10-13-4-8-15(9-5-13)19-24-25-20(27-19)17(21)22/h2-9,11,17H,10H2,1H3. The summed E-state index contributed by atoms with van der Waals surface area (Å²) >= 11 is 0. The minimum Gasteiger partial charge on any atom is -0.441 e. The molecule has 4 aromatic rings. The second-order valence-corrected chi connectivity index (χ2v) is 6.12. The van der Waals surface area contributed by atoms with E-state index in [0.29, 0.717) is 17.9 Å². The Kier molecular flexibility index (Phi) is 4.50. The zero-order chi connectivity index (χ0) is 18.8. The van der Waals surface area contributed by atoms with E-state index in [0.717, 1.165) is 16.9 Å². The largest absolute Gasteiger partial charge is 0.441 e. The van der Waals surface area contributed by atoms with E-state index in [1.165, 1.54) is 5.56 Å². The Hall–Kier alpha value is -3.35. The highest BCUT2D eigenvalue weighted by Crippen LogP contribution is 2.25. The normalized spacial score (nSPS) is 11.3. The SMILES string of the molecule is Cc1ccc(-c2ncc(Cc3ccc(-c4nnc(C(F)F)o4)cc3)o2)cc1. The topological polar surface area (TPSA) is 65.0 Å². The van der Waals surface area contributed by atoms with E-state index < -0.39 is 12.3 Å². The van der Waals surface area contributed by atoms with Crippen LogP contribution in [0.25, 0.3) is 22.9 Å². The predicted molar refractivity (Wildman–Crippen MR) is 94.2 cm³/mol. The van der Waals surface area contributed by atoms with Crippen molar-refractivity contribution in [1.82, 2.24) is 15.2 Å². The molecule has 0 unspecified atom stereocenters. The van der Waals surface area contributed by atoms with E-state index in [4.69, 9.17) is 8.83 Å². The third kappa shape index (κ3) is 3.76. The molecule has 0 aliphatic carbocycles. The van der Waals surface area contributed by atoms with Crippen molar-refractivity contribution in [1.29, 1.82) is 0 Å². The highest BCUT2D eigenvalue weighted by atomic mass is 19.3. The fourth-order valence-electron chi connectivity index (χ4n) is 2.62. The summed E-state index contributed by atoms with van der Waals surface area (Å²) in [5.41, 5.74) is 3.66. The van der Waals surface area contributed by atoms with Gasteiger partial charge in [-0.2, -0.15) is 8.78 Å². The molecule has 2 aromatic carbocycles. The highest BCUT2D eigenvalue weighted by molar-refractivity contribution is 5.54. The van der Waals surface area contributed by atoms with Crippen molar-refractivity contribution < 1.29 is 17.6 Å². The molecule has 0 fully saturated rings. The van der Waals surface area contributed by atoms with Crippen LogP contribution in [0.15, 0.2) is 63.6 Å². The first-order valence-corrected chi connectivity index (χ1v) is 8.31. The number of aromatic nitrogens is 3. The molecule has 2 aromatic heterocycles. The van der Waals surface area contributed by atoms with E-state index in [1.807, 2.05) is 43.3 Å². The zero-order valence-corrected chi connectivity index (χ0v) is 14.4. The van der Waals surface area contributed by atoms with E-state index in [1.54, 1.807) is 18.3 Å². The van der Waals surface area contributed by atoms with E-state index >= 15 is 0 Å². The van der Waals surface area contributed by atoms with Crippen LogP contribution in [0.4, 0.5) is 8.78 Å². The van der Waals surface area contributed by atoms with Gasteiger partial charge in [-0.05, 0) is 36.8 Å². The maximum absolute atomic E-state index is 12.5. The summed E-state index contributed by atoms with van der Waals surface area (Å²) in [7, 11) is 0. The summed E-state index contributed by atoms with van der Waals surface area (Å²) < 4.78 is 35.8. The van der Waals surface area contributed by atoms with Gasteiger partial charge >= 0.3 is 6.43 Å². The smallest absolute Gasteiger partial charge is 0.314 e. The summed E-state index contributed by atoms with van der Waals surface area (Å²) in [5, 5.41) is 6.97. The molecule has 7 heteroatoms. The summed E-state index contributed by atoms with van der Waals surface area (Å²) in [6.45, 7) is 2.02. The van der Waals surface area contributed by atoms with E-state index in [-0.39, 0.29) is 5.89 Å². The molecular formula is C20H15F2N3O2. The molecule has 0 aliphatic rings. The molecule has 27 heavy (non-hydrogen) atoms. The maximum Gasteiger partial charge on any atom is 0.314 e. The summed E-state index contributed by atoms with van der Waals surface area (Å²) in [6, 6.07) is 15.2. The van der Waals surface area contributed by atoms with Gasteiger partial charge in [0, 0.05) is 17.5 Å². The molecule has 5 nitrogen and oxygen atoms in total. The number of aryl methyl sites for hydroxylation is 1. The molecule has 0 saturated carbocycles. The van der Waals surface area contributed by atoms with Gasteiger partial charge in [0.25, 0.3) is 5.89 Å². The van der Waals surface area contributed by atoms with Crippen LogP contribution >= 0.6 is 0 Å². The molecule has 0 atom stereocenters. The molecule has 136 valence electrons. The Bertz CT molecular complexity index is 1040. The van der Waals surface area contributed by atoms with Crippen molar-refractivity contribution in [3.8, 4) is 22.9 Å². The average molecular weight is 367 g/mol. The average Bonchev–Trinajstić information content (AvgIpc) is 3.33. The molecule has 0 amide bonds. The number of benzene rings is 2. The van der Waals surface area contributed by atoms with Crippen LogP contribution in [0.1, 0.15) is 29.2 Å². The van der Waals surface area contributed by atoms with Crippen molar-refractivity contribution in [3.63, 3.8) is 0 Å². The number of nitrogens with zero attached hydrogens (tertiary/aromatic N) is 3. The second kappa shape index (κ2) is 7.11. The summed E-state index contributed by atoms with van der Waals surface area (Å²) in [6.07, 6.45) is -0.513. The van der Waals surface area contributed by atoms with Gasteiger partial charge in [-0.3, -0.25) is 0 Å². The molecule has 0 bridgehead atoms. The minimum absolute atomic E-state index is 0.0678. The highest BCUT2D eigenvalue weighted by Gasteiger charge is 2.17. The number of rotatable bonds is 5. The van der Waals surface area contributed by atoms with Crippen molar-refractivity contribution in [2.24, 2.45) is 0 Å². The molecule has 4 rings (SSSR count). The first kappa shape index (κ1) is 17.1. The quantitative estimate of drug-likeness (QED) is 0.483. The van der Waals surface area contributed by atoms with Crippen molar-refractivity contribution >= 4 is 0 Å². The van der Waals surface area contributed by atoms with Gasteiger partial charge in [0.2, 0.25) is 11.8 Å². The van der Waals surface area contributed by atoms with Gasteiger partial charge in [0.05, 0.1) is 6.20 Å². The number of oxazole rings is 1. The molecular weight excluding hydrogens is 352 g/mol. The van der Waals surface area contributed by atoms with Crippen LogP contribution in [0.5, 0.6) is 0 Å². The number of hydrogen-bond donors (Lipinski definition) is 0. The molecule has 2 heterocycles. The Labute approximate surface area is 153 Å². The minimum atomic E-state index is -2.78. The fourth-order valence-corrected chi connectivity index (χ4v) is 2.62.